The smallest absolute Gasteiger partial charge is 0.127 e. The molecule has 188 valence electrons. The minimum atomic E-state index is -0.407. The van der Waals surface area contributed by atoms with Crippen LogP contribution in [-0.4, -0.2) is 24.9 Å². The maximum atomic E-state index is 6.93. The molecule has 3 aromatic carbocycles. The average molecular weight is 475 g/mol. The molecule has 0 aliphatic rings. The van der Waals surface area contributed by atoms with E-state index in [1.165, 1.54) is 11.1 Å². The first kappa shape index (κ1) is 26.8. The molecular formula is C32H42O3. The summed E-state index contributed by atoms with van der Waals surface area (Å²) in [6.07, 6.45) is 0.786. The Morgan fingerprint density at radius 1 is 0.714 bits per heavy atom. The molecule has 3 aromatic rings. The molecule has 0 saturated heterocycles. The van der Waals surface area contributed by atoms with Crippen molar-refractivity contribution in [2.45, 2.75) is 77.9 Å². The third kappa shape index (κ3) is 7.35. The number of ether oxygens (including phenoxy) is 3. The highest BCUT2D eigenvalue weighted by Crippen LogP contribution is 2.44. The molecule has 3 heteroatoms. The first-order chi connectivity index (χ1) is 16.5. The third-order valence-electron chi connectivity index (χ3n) is 6.51. The second-order valence-electron chi connectivity index (χ2n) is 11.0. The van der Waals surface area contributed by atoms with Gasteiger partial charge in [0.2, 0.25) is 0 Å². The zero-order valence-electron chi connectivity index (χ0n) is 22.7. The van der Waals surface area contributed by atoms with Crippen LogP contribution < -0.4 is 9.47 Å². The van der Waals surface area contributed by atoms with Crippen molar-refractivity contribution in [2.24, 2.45) is 0 Å². The highest BCUT2D eigenvalue weighted by atomic mass is 16.5. The molecule has 0 aliphatic carbocycles. The largest absolute Gasteiger partial charge is 0.497 e. The van der Waals surface area contributed by atoms with E-state index >= 15 is 0 Å². The first-order valence-electron chi connectivity index (χ1n) is 12.7. The highest BCUT2D eigenvalue weighted by molar-refractivity contribution is 5.54. The molecule has 3 nitrogen and oxygen atoms in total. The van der Waals surface area contributed by atoms with Crippen molar-refractivity contribution in [1.82, 2.24) is 0 Å². The summed E-state index contributed by atoms with van der Waals surface area (Å²) in [5, 5.41) is 0. The maximum absolute atomic E-state index is 6.93. The standard InChI is InChI=1S/C32H42O3/c1-23(25-15-11-9-12-16-25)28-21-27(33-8)22-29(24(2)26-17-13-10-14-18-26)30(28)35-32(6,7)19-20-34-31(3,4)5/h9-18,21-24H,19-20H2,1-8H3. The number of benzene rings is 3. The molecule has 0 N–H and O–H groups in total. The Balaban J connectivity index is 2.09. The zero-order chi connectivity index (χ0) is 25.6. The minimum Gasteiger partial charge on any atom is -0.497 e. The van der Waals surface area contributed by atoms with Gasteiger partial charge in [0.25, 0.3) is 0 Å². The van der Waals surface area contributed by atoms with Gasteiger partial charge in [0, 0.05) is 29.4 Å². The van der Waals surface area contributed by atoms with Crippen LogP contribution >= 0.6 is 0 Å². The summed E-state index contributed by atoms with van der Waals surface area (Å²) in [6, 6.07) is 25.5. The monoisotopic (exact) mass is 474 g/mol. The fourth-order valence-electron chi connectivity index (χ4n) is 4.30. The fourth-order valence-corrected chi connectivity index (χ4v) is 4.30. The topological polar surface area (TPSA) is 27.7 Å². The van der Waals surface area contributed by atoms with Crippen LogP contribution in [0.1, 0.15) is 89.0 Å². The lowest BCUT2D eigenvalue weighted by Crippen LogP contribution is -2.33. The lowest BCUT2D eigenvalue weighted by Gasteiger charge is -2.33. The zero-order valence-corrected chi connectivity index (χ0v) is 22.7. The molecule has 3 rings (SSSR count). The summed E-state index contributed by atoms with van der Waals surface area (Å²) < 4.78 is 18.7. The molecule has 0 heterocycles. The fraction of sp³-hybridized carbons (Fsp3) is 0.438. The molecular weight excluding hydrogens is 432 g/mol. The molecule has 0 bridgehead atoms. The Morgan fingerprint density at radius 2 is 1.17 bits per heavy atom. The molecule has 2 atom stereocenters. The second-order valence-corrected chi connectivity index (χ2v) is 11.0. The number of hydrogen-bond acceptors (Lipinski definition) is 3. The second kappa shape index (κ2) is 11.3. The van der Waals surface area contributed by atoms with Crippen LogP contribution in [-0.2, 0) is 4.74 Å². The van der Waals surface area contributed by atoms with Crippen molar-refractivity contribution in [3.8, 4) is 11.5 Å². The predicted octanol–water partition coefficient (Wildman–Crippen LogP) is 8.36. The summed E-state index contributed by atoms with van der Waals surface area (Å²) in [5.74, 6) is 2.08. The lowest BCUT2D eigenvalue weighted by atomic mass is 9.85. The summed E-state index contributed by atoms with van der Waals surface area (Å²) >= 11 is 0. The lowest BCUT2D eigenvalue weighted by molar-refractivity contribution is -0.0296. The van der Waals surface area contributed by atoms with Gasteiger partial charge in [-0.05, 0) is 57.9 Å². The number of hydrogen-bond donors (Lipinski definition) is 0. The van der Waals surface area contributed by atoms with Crippen LogP contribution in [0.4, 0.5) is 0 Å². The summed E-state index contributed by atoms with van der Waals surface area (Å²) in [4.78, 5) is 0. The van der Waals surface area contributed by atoms with Gasteiger partial charge in [-0.3, -0.25) is 0 Å². The van der Waals surface area contributed by atoms with Gasteiger partial charge in [-0.2, -0.15) is 0 Å². The van der Waals surface area contributed by atoms with Gasteiger partial charge in [0.15, 0.2) is 0 Å². The van der Waals surface area contributed by atoms with E-state index in [4.69, 9.17) is 14.2 Å². The van der Waals surface area contributed by atoms with Gasteiger partial charge < -0.3 is 14.2 Å². The van der Waals surface area contributed by atoms with Crippen molar-refractivity contribution in [3.05, 3.63) is 95.1 Å². The van der Waals surface area contributed by atoms with Gasteiger partial charge in [-0.25, -0.2) is 0 Å². The Morgan fingerprint density at radius 3 is 1.57 bits per heavy atom. The van der Waals surface area contributed by atoms with E-state index in [1.54, 1.807) is 7.11 Å². The van der Waals surface area contributed by atoms with Gasteiger partial charge >= 0.3 is 0 Å². The highest BCUT2D eigenvalue weighted by Gasteiger charge is 2.29. The molecule has 0 fully saturated rings. The summed E-state index contributed by atoms with van der Waals surface area (Å²) in [6.45, 7) is 15.7. The van der Waals surface area contributed by atoms with Crippen molar-refractivity contribution in [3.63, 3.8) is 0 Å². The van der Waals surface area contributed by atoms with Gasteiger partial charge in [0.1, 0.15) is 17.1 Å². The van der Waals surface area contributed by atoms with Crippen molar-refractivity contribution < 1.29 is 14.2 Å². The molecule has 0 spiro atoms. The molecule has 0 amide bonds. The summed E-state index contributed by atoms with van der Waals surface area (Å²) in [5.41, 5.74) is 4.19. The third-order valence-corrected chi connectivity index (χ3v) is 6.51. The van der Waals surface area contributed by atoms with Crippen LogP contribution in [0, 0.1) is 0 Å². The Bertz CT molecular complexity index is 998. The van der Waals surface area contributed by atoms with Crippen LogP contribution in [0.15, 0.2) is 72.8 Å². The minimum absolute atomic E-state index is 0.143. The molecule has 0 saturated carbocycles. The van der Waals surface area contributed by atoms with Crippen LogP contribution in [0.5, 0.6) is 11.5 Å². The molecule has 0 radical (unpaired) electrons. The number of rotatable bonds is 10. The van der Waals surface area contributed by atoms with E-state index in [1.807, 2.05) is 0 Å². The van der Waals surface area contributed by atoms with Crippen molar-refractivity contribution in [1.29, 1.82) is 0 Å². The van der Waals surface area contributed by atoms with Crippen LogP contribution in [0.3, 0.4) is 0 Å². The van der Waals surface area contributed by atoms with E-state index < -0.39 is 5.60 Å². The van der Waals surface area contributed by atoms with E-state index in [0.717, 1.165) is 29.0 Å². The molecule has 2 unspecified atom stereocenters. The van der Waals surface area contributed by atoms with Gasteiger partial charge in [-0.15, -0.1) is 0 Å². The molecule has 0 aliphatic heterocycles. The van der Waals surface area contributed by atoms with Gasteiger partial charge in [-0.1, -0.05) is 74.5 Å². The van der Waals surface area contributed by atoms with E-state index in [9.17, 15) is 0 Å². The maximum Gasteiger partial charge on any atom is 0.127 e. The van der Waals surface area contributed by atoms with Crippen molar-refractivity contribution >= 4 is 0 Å². The van der Waals surface area contributed by atoms with Gasteiger partial charge in [0.05, 0.1) is 19.3 Å². The van der Waals surface area contributed by atoms with E-state index in [-0.39, 0.29) is 17.4 Å². The Hall–Kier alpha value is -2.78. The Kier molecular flexibility index (Phi) is 8.66. The SMILES string of the molecule is COc1cc(C(C)c2ccccc2)c(OC(C)(C)CCOC(C)(C)C)c(C(C)c2ccccc2)c1. The van der Waals surface area contributed by atoms with E-state index in [2.05, 4.69) is 121 Å². The normalized spacial score (nSPS) is 13.8. The Labute approximate surface area is 212 Å². The first-order valence-corrected chi connectivity index (χ1v) is 12.7. The summed E-state index contributed by atoms with van der Waals surface area (Å²) in [7, 11) is 1.73. The molecule has 35 heavy (non-hydrogen) atoms. The molecule has 0 aromatic heterocycles. The van der Waals surface area contributed by atoms with Crippen LogP contribution in [0.2, 0.25) is 0 Å². The quantitative estimate of drug-likeness (QED) is 0.295. The predicted molar refractivity (Wildman–Crippen MR) is 146 cm³/mol. The average Bonchev–Trinajstić information content (AvgIpc) is 2.83. The number of methoxy groups -OCH3 is 1. The van der Waals surface area contributed by atoms with E-state index in [0.29, 0.717) is 6.61 Å². The van der Waals surface area contributed by atoms with Crippen LogP contribution in [0.25, 0.3) is 0 Å². The van der Waals surface area contributed by atoms with Crippen molar-refractivity contribution in [2.75, 3.05) is 13.7 Å².